The van der Waals surface area contributed by atoms with Gasteiger partial charge in [-0.1, -0.05) is 42.5 Å². The van der Waals surface area contributed by atoms with Crippen LogP contribution >= 0.6 is 0 Å². The summed E-state index contributed by atoms with van der Waals surface area (Å²) < 4.78 is 13.7. The maximum absolute atomic E-state index is 13.8. The summed E-state index contributed by atoms with van der Waals surface area (Å²) in [6.45, 7) is 0. The minimum absolute atomic E-state index is 0.00124. The van der Waals surface area contributed by atoms with E-state index in [1.165, 1.54) is 12.1 Å². The summed E-state index contributed by atoms with van der Waals surface area (Å²) in [6.07, 6.45) is 4.17. The van der Waals surface area contributed by atoms with E-state index in [0.29, 0.717) is 28.9 Å². The van der Waals surface area contributed by atoms with Crippen molar-refractivity contribution in [3.8, 4) is 0 Å². The second-order valence-electron chi connectivity index (χ2n) is 10.4. The van der Waals surface area contributed by atoms with E-state index >= 15 is 0 Å². The second kappa shape index (κ2) is 11.8. The number of fused-ring (bicyclic) bond motifs is 1. The van der Waals surface area contributed by atoms with Crippen LogP contribution in [-0.2, 0) is 16.0 Å². The van der Waals surface area contributed by atoms with E-state index in [2.05, 4.69) is 10.6 Å². The Hall–Kier alpha value is -4.04. The van der Waals surface area contributed by atoms with Gasteiger partial charge in [0.2, 0.25) is 11.8 Å². The van der Waals surface area contributed by atoms with E-state index < -0.39 is 11.9 Å². The average molecular weight is 529 g/mol. The first kappa shape index (κ1) is 26.6. The van der Waals surface area contributed by atoms with E-state index in [-0.39, 0.29) is 42.6 Å². The SMILES string of the molecule is NC1CCC(NC(=O)c2ccc3c(c2)NC(=O)CC(c2ccc(F)cc2)N3C(=O)CCc2ccccc2)CC1. The van der Waals surface area contributed by atoms with Crippen LogP contribution in [-0.4, -0.2) is 29.8 Å². The van der Waals surface area contributed by atoms with Gasteiger partial charge in [0, 0.05) is 24.1 Å². The van der Waals surface area contributed by atoms with Crippen LogP contribution in [0.2, 0.25) is 0 Å². The molecule has 0 radical (unpaired) electrons. The van der Waals surface area contributed by atoms with Gasteiger partial charge in [-0.05, 0) is 73.6 Å². The molecule has 202 valence electrons. The zero-order chi connectivity index (χ0) is 27.4. The topological polar surface area (TPSA) is 105 Å². The highest BCUT2D eigenvalue weighted by Crippen LogP contribution is 2.39. The van der Waals surface area contributed by atoms with Crippen LogP contribution < -0.4 is 21.3 Å². The minimum Gasteiger partial charge on any atom is -0.349 e. The van der Waals surface area contributed by atoms with Gasteiger partial charge in [0.1, 0.15) is 5.82 Å². The number of hydrogen-bond acceptors (Lipinski definition) is 4. The molecule has 3 amide bonds. The highest BCUT2D eigenvalue weighted by Gasteiger charge is 2.34. The van der Waals surface area contributed by atoms with Gasteiger partial charge in [0.15, 0.2) is 0 Å². The van der Waals surface area contributed by atoms with E-state index in [4.69, 9.17) is 5.73 Å². The zero-order valence-electron chi connectivity index (χ0n) is 21.7. The number of carbonyl (C=O) groups is 3. The first-order valence-electron chi connectivity index (χ1n) is 13.5. The molecule has 1 atom stereocenters. The summed E-state index contributed by atoms with van der Waals surface area (Å²) in [6, 6.07) is 20.2. The number of amides is 3. The molecule has 1 unspecified atom stereocenters. The third-order valence-corrected chi connectivity index (χ3v) is 7.58. The van der Waals surface area contributed by atoms with E-state index in [9.17, 15) is 18.8 Å². The van der Waals surface area contributed by atoms with Crippen LogP contribution in [0.3, 0.4) is 0 Å². The Morgan fingerprint density at radius 3 is 2.41 bits per heavy atom. The Morgan fingerprint density at radius 2 is 1.69 bits per heavy atom. The first-order chi connectivity index (χ1) is 18.9. The van der Waals surface area contributed by atoms with Crippen LogP contribution in [0.5, 0.6) is 0 Å². The summed E-state index contributed by atoms with van der Waals surface area (Å²) in [5.74, 6) is -1.08. The molecule has 4 N–H and O–H groups in total. The van der Waals surface area contributed by atoms with Crippen molar-refractivity contribution in [2.75, 3.05) is 10.2 Å². The molecular weight excluding hydrogens is 495 g/mol. The van der Waals surface area contributed by atoms with Gasteiger partial charge in [0.05, 0.1) is 23.8 Å². The lowest BCUT2D eigenvalue weighted by molar-refractivity contribution is -0.119. The maximum Gasteiger partial charge on any atom is 0.251 e. The van der Waals surface area contributed by atoms with Crippen molar-refractivity contribution in [3.63, 3.8) is 0 Å². The Kier molecular flexibility index (Phi) is 8.02. The Balaban J connectivity index is 1.45. The monoisotopic (exact) mass is 528 g/mol. The van der Waals surface area contributed by atoms with Gasteiger partial charge >= 0.3 is 0 Å². The molecule has 1 aliphatic heterocycles. The molecule has 0 saturated heterocycles. The van der Waals surface area contributed by atoms with Crippen LogP contribution in [0.25, 0.3) is 0 Å². The average Bonchev–Trinajstić information content (AvgIpc) is 3.09. The molecule has 0 aromatic heterocycles. The lowest BCUT2D eigenvalue weighted by atomic mass is 9.91. The zero-order valence-corrected chi connectivity index (χ0v) is 21.7. The molecule has 1 aliphatic carbocycles. The molecule has 8 heteroatoms. The Labute approximate surface area is 227 Å². The molecule has 5 rings (SSSR count). The molecule has 0 bridgehead atoms. The number of anilines is 2. The van der Waals surface area contributed by atoms with E-state index in [1.807, 2.05) is 30.3 Å². The molecule has 1 saturated carbocycles. The van der Waals surface area contributed by atoms with Crippen LogP contribution in [0, 0.1) is 5.82 Å². The molecule has 3 aromatic carbocycles. The fraction of sp³-hybridized carbons (Fsp3) is 0.323. The summed E-state index contributed by atoms with van der Waals surface area (Å²) in [5.41, 5.74) is 8.99. The minimum atomic E-state index is -0.624. The largest absolute Gasteiger partial charge is 0.349 e. The van der Waals surface area contributed by atoms with E-state index in [1.54, 1.807) is 35.2 Å². The fourth-order valence-corrected chi connectivity index (χ4v) is 5.43. The van der Waals surface area contributed by atoms with Crippen molar-refractivity contribution in [2.45, 2.75) is 63.1 Å². The third-order valence-electron chi connectivity index (χ3n) is 7.58. The second-order valence-corrected chi connectivity index (χ2v) is 10.4. The molecular formula is C31H33FN4O3. The van der Waals surface area contributed by atoms with Crippen LogP contribution in [0.4, 0.5) is 15.8 Å². The predicted molar refractivity (Wildman–Crippen MR) is 149 cm³/mol. The number of nitrogens with zero attached hydrogens (tertiary/aromatic N) is 1. The number of benzene rings is 3. The van der Waals surface area contributed by atoms with E-state index in [0.717, 1.165) is 31.2 Å². The molecule has 3 aromatic rings. The summed E-state index contributed by atoms with van der Waals surface area (Å²) in [5, 5.41) is 5.97. The molecule has 1 fully saturated rings. The first-order valence-corrected chi connectivity index (χ1v) is 13.5. The number of hydrogen-bond donors (Lipinski definition) is 3. The number of aryl methyl sites for hydroxylation is 1. The summed E-state index contributed by atoms with van der Waals surface area (Å²) in [4.78, 5) is 41.5. The quantitative estimate of drug-likeness (QED) is 0.424. The normalized spacial score (nSPS) is 20.9. The number of halogens is 1. The van der Waals surface area contributed by atoms with Crippen molar-refractivity contribution >= 4 is 29.1 Å². The summed E-state index contributed by atoms with van der Waals surface area (Å²) >= 11 is 0. The number of nitrogens with one attached hydrogen (secondary N) is 2. The highest BCUT2D eigenvalue weighted by molar-refractivity contribution is 6.06. The summed E-state index contributed by atoms with van der Waals surface area (Å²) in [7, 11) is 0. The van der Waals surface area contributed by atoms with Crippen molar-refractivity contribution < 1.29 is 18.8 Å². The number of nitrogens with two attached hydrogens (primary N) is 1. The van der Waals surface area contributed by atoms with Crippen molar-refractivity contribution in [1.29, 1.82) is 0 Å². The fourth-order valence-electron chi connectivity index (χ4n) is 5.43. The Morgan fingerprint density at radius 1 is 0.974 bits per heavy atom. The lowest BCUT2D eigenvalue weighted by Gasteiger charge is -2.31. The number of carbonyl (C=O) groups excluding carboxylic acids is 3. The molecule has 1 heterocycles. The number of rotatable bonds is 6. The molecule has 39 heavy (non-hydrogen) atoms. The smallest absolute Gasteiger partial charge is 0.251 e. The maximum atomic E-state index is 13.8. The van der Waals surface area contributed by atoms with Crippen molar-refractivity contribution in [2.24, 2.45) is 5.73 Å². The molecule has 0 spiro atoms. The molecule has 7 nitrogen and oxygen atoms in total. The Bertz CT molecular complexity index is 1340. The van der Waals surface area contributed by atoms with Gasteiger partial charge in [-0.25, -0.2) is 4.39 Å². The third kappa shape index (κ3) is 6.34. The van der Waals surface area contributed by atoms with Crippen LogP contribution in [0.1, 0.15) is 66.1 Å². The van der Waals surface area contributed by atoms with Gasteiger partial charge < -0.3 is 21.3 Å². The van der Waals surface area contributed by atoms with Gasteiger partial charge in [-0.15, -0.1) is 0 Å². The van der Waals surface area contributed by atoms with Crippen molar-refractivity contribution in [1.82, 2.24) is 5.32 Å². The van der Waals surface area contributed by atoms with Crippen molar-refractivity contribution in [3.05, 3.63) is 95.3 Å². The van der Waals surface area contributed by atoms with Gasteiger partial charge in [-0.3, -0.25) is 14.4 Å². The lowest BCUT2D eigenvalue weighted by Crippen LogP contribution is -2.40. The van der Waals surface area contributed by atoms with Crippen LogP contribution in [0.15, 0.2) is 72.8 Å². The van der Waals surface area contributed by atoms with Gasteiger partial charge in [-0.2, -0.15) is 0 Å². The highest BCUT2D eigenvalue weighted by atomic mass is 19.1. The standard InChI is InChI=1S/C31H33FN4O3/c32-23-10-7-21(8-11-23)28-19-29(37)35-26-18-22(31(39)34-25-14-12-24(33)13-15-25)9-16-27(26)36(28)30(38)17-6-20-4-2-1-3-5-20/h1-5,7-11,16,18,24-25,28H,6,12-15,17,19,33H2,(H,34,39)(H,35,37). The van der Waals surface area contributed by atoms with Gasteiger partial charge in [0.25, 0.3) is 5.91 Å². The molecule has 2 aliphatic rings. The predicted octanol–water partition coefficient (Wildman–Crippen LogP) is 4.87.